The van der Waals surface area contributed by atoms with Crippen LogP contribution < -0.4 is 8.91 Å². The lowest BCUT2D eigenvalue weighted by Gasteiger charge is -2.30. The number of sulfonamides is 1. The molecule has 1 rings (SSSR count). The van der Waals surface area contributed by atoms with Crippen molar-refractivity contribution in [2.24, 2.45) is 0 Å². The Bertz CT molecular complexity index is 1510. The normalized spacial score (nSPS) is 15.1. The van der Waals surface area contributed by atoms with Gasteiger partial charge in [0.25, 0.3) is 5.91 Å². The Morgan fingerprint density at radius 2 is 1.25 bits per heavy atom. The van der Waals surface area contributed by atoms with E-state index >= 15 is 0 Å². The highest BCUT2D eigenvalue weighted by Crippen LogP contribution is 2.51. The summed E-state index contributed by atoms with van der Waals surface area (Å²) in [6.45, 7) is -0.781. The Morgan fingerprint density at radius 1 is 0.800 bits per heavy atom. The lowest BCUT2D eigenvalue weighted by atomic mass is 10.2. The minimum absolute atomic E-state index is 0.00293. The third kappa shape index (κ3) is 5.76. The van der Waals surface area contributed by atoms with Gasteiger partial charge in [0.05, 0.1) is 3.57 Å². The van der Waals surface area contributed by atoms with Gasteiger partial charge in [0.1, 0.15) is 0 Å². The van der Waals surface area contributed by atoms with Gasteiger partial charge in [-0.15, -0.1) is 0 Å². The number of nitrogens with one attached hydrogen (secondary N) is 1. The quantitative estimate of drug-likeness (QED) is 0.148. The zero-order chi connectivity index (χ0) is 32.3. The van der Waals surface area contributed by atoms with Gasteiger partial charge in [-0.3, -0.25) is 9.35 Å². The summed E-state index contributed by atoms with van der Waals surface area (Å²) in [6.07, 6.45) is 0. The van der Waals surface area contributed by atoms with E-state index in [1.165, 1.54) is 0 Å². The Morgan fingerprint density at radius 3 is 1.62 bits per heavy atom. The molecular formula is C14H8F12INO9S3. The monoisotopic (exact) mass is 785 g/mol. The smallest absolute Gasteiger partial charge is 0.377 e. The van der Waals surface area contributed by atoms with Crippen LogP contribution >= 0.6 is 22.6 Å². The molecule has 0 aliphatic heterocycles. The number of carbonyl (C=O) groups is 1. The number of rotatable bonds is 11. The largest absolute Gasteiger partial charge is 0.450 e. The number of benzene rings is 1. The lowest BCUT2D eigenvalue weighted by molar-refractivity contribution is -0.271. The Balaban J connectivity index is 3.40. The molecule has 0 saturated carbocycles. The van der Waals surface area contributed by atoms with Gasteiger partial charge in [-0.25, -0.2) is 4.72 Å². The summed E-state index contributed by atoms with van der Waals surface area (Å²) in [4.78, 5) is 11.9. The maximum absolute atomic E-state index is 13.9. The molecule has 0 aliphatic rings. The molecule has 1 aromatic rings. The van der Waals surface area contributed by atoms with Crippen molar-refractivity contribution in [3.05, 3.63) is 27.3 Å². The molecule has 0 saturated heterocycles. The van der Waals surface area contributed by atoms with E-state index in [1.54, 1.807) is 0 Å². The topological polar surface area (TPSA) is 161 Å². The second kappa shape index (κ2) is 10.2. The van der Waals surface area contributed by atoms with Crippen LogP contribution in [0.5, 0.6) is 5.75 Å². The fourth-order valence-electron chi connectivity index (χ4n) is 2.04. The molecule has 40 heavy (non-hydrogen) atoms. The number of halogens is 13. The molecule has 26 heteroatoms. The van der Waals surface area contributed by atoms with Crippen molar-refractivity contribution in [3.8, 4) is 5.75 Å². The molecule has 1 aromatic carbocycles. The van der Waals surface area contributed by atoms with Crippen molar-refractivity contribution < 1.29 is 91.5 Å². The van der Waals surface area contributed by atoms with Crippen molar-refractivity contribution in [2.75, 3.05) is 0 Å². The molecule has 1 amide bonds. The molecular weight excluding hydrogens is 777 g/mol. The van der Waals surface area contributed by atoms with Gasteiger partial charge in [-0.1, -0.05) is 0 Å². The van der Waals surface area contributed by atoms with E-state index in [-0.39, 0.29) is 22.9 Å². The standard InChI is InChI=1S/C14H8F12INO9S3/c1-9(15,16)10(17,18)12(21,22)38(30,31)28-8(29)5-2-3-7(6(27)4-5)37-40(35,36)14(25,26)11(19,20)13(23,24)39(32,33)34/h2-4H,1H3,(H,28,29)(H,32,33,34). The van der Waals surface area contributed by atoms with Crippen molar-refractivity contribution in [1.29, 1.82) is 0 Å². The van der Waals surface area contributed by atoms with E-state index in [0.717, 1.165) is 22.6 Å². The average Bonchev–Trinajstić information content (AvgIpc) is 2.72. The van der Waals surface area contributed by atoms with Crippen molar-refractivity contribution in [1.82, 2.24) is 4.72 Å². The molecule has 0 bridgehead atoms. The van der Waals surface area contributed by atoms with Gasteiger partial charge in [0.2, 0.25) is 0 Å². The van der Waals surface area contributed by atoms with Crippen LogP contribution in [0.25, 0.3) is 0 Å². The maximum Gasteiger partial charge on any atom is 0.450 e. The highest BCUT2D eigenvalue weighted by molar-refractivity contribution is 14.1. The Kier molecular flexibility index (Phi) is 9.21. The van der Waals surface area contributed by atoms with E-state index in [9.17, 15) is 82.7 Å². The third-order valence-electron chi connectivity index (χ3n) is 4.24. The van der Waals surface area contributed by atoms with Crippen LogP contribution in [-0.2, 0) is 30.3 Å². The minimum Gasteiger partial charge on any atom is -0.377 e. The van der Waals surface area contributed by atoms with Crippen LogP contribution in [0.4, 0.5) is 52.7 Å². The molecule has 0 aliphatic carbocycles. The summed E-state index contributed by atoms with van der Waals surface area (Å²) in [6, 6.07) is 0.207. The average molecular weight is 785 g/mol. The summed E-state index contributed by atoms with van der Waals surface area (Å²) in [5.74, 6) is -23.5. The van der Waals surface area contributed by atoms with Gasteiger partial charge in [0, 0.05) is 12.5 Å². The number of amides is 1. The molecule has 0 aromatic heterocycles. The number of carbonyl (C=O) groups excluding carboxylic acids is 1. The van der Waals surface area contributed by atoms with E-state index < -0.39 is 91.5 Å². The van der Waals surface area contributed by atoms with Crippen LogP contribution in [-0.4, -0.2) is 69.2 Å². The molecule has 2 N–H and O–H groups in total. The van der Waals surface area contributed by atoms with Crippen LogP contribution in [0.15, 0.2) is 18.2 Å². The molecule has 0 heterocycles. The van der Waals surface area contributed by atoms with Gasteiger partial charge in [-0.2, -0.15) is 77.9 Å². The zero-order valence-electron chi connectivity index (χ0n) is 18.1. The van der Waals surface area contributed by atoms with Crippen molar-refractivity contribution in [2.45, 2.75) is 40.5 Å². The van der Waals surface area contributed by atoms with Crippen LogP contribution in [0, 0.1) is 3.57 Å². The molecule has 0 radical (unpaired) electrons. The van der Waals surface area contributed by atoms with Crippen molar-refractivity contribution >= 4 is 58.8 Å². The Hall–Kier alpha value is -1.81. The van der Waals surface area contributed by atoms with Crippen molar-refractivity contribution in [3.63, 3.8) is 0 Å². The second-order valence-electron chi connectivity index (χ2n) is 7.18. The fraction of sp³-hybridized carbons (Fsp3) is 0.500. The maximum atomic E-state index is 13.9. The first-order valence-corrected chi connectivity index (χ1v) is 14.2. The SMILES string of the molecule is CC(F)(F)C(F)(F)C(F)(F)S(=O)(=O)NC(=O)c1ccc(OS(=O)(=O)C(F)(F)C(F)(F)C(F)(F)S(=O)(=O)O)c(I)c1. The van der Waals surface area contributed by atoms with E-state index in [4.69, 9.17) is 4.55 Å². The first-order valence-electron chi connectivity index (χ1n) is 8.77. The molecule has 232 valence electrons. The number of alkyl halides is 12. The molecule has 0 fully saturated rings. The van der Waals surface area contributed by atoms with Gasteiger partial charge < -0.3 is 4.18 Å². The van der Waals surface area contributed by atoms with Crippen LogP contribution in [0.2, 0.25) is 0 Å². The number of hydrogen-bond acceptors (Lipinski definition) is 8. The first-order chi connectivity index (χ1) is 17.2. The molecule has 10 nitrogen and oxygen atoms in total. The summed E-state index contributed by atoms with van der Waals surface area (Å²) in [5, 5.41) is -20.9. The minimum atomic E-state index is -7.39. The van der Waals surface area contributed by atoms with E-state index in [0.29, 0.717) is 0 Å². The molecule has 0 unspecified atom stereocenters. The van der Waals surface area contributed by atoms with Gasteiger partial charge >= 0.3 is 63.8 Å². The molecule has 0 atom stereocenters. The number of hydrogen-bond donors (Lipinski definition) is 2. The zero-order valence-corrected chi connectivity index (χ0v) is 22.7. The lowest BCUT2D eigenvalue weighted by Crippen LogP contribution is -2.61. The predicted octanol–water partition coefficient (Wildman–Crippen LogP) is 3.65. The summed E-state index contributed by atoms with van der Waals surface area (Å²) in [5.41, 5.74) is -1.25. The summed E-state index contributed by atoms with van der Waals surface area (Å²) in [7, 11) is -21.7. The Labute approximate surface area is 228 Å². The van der Waals surface area contributed by atoms with Gasteiger partial charge in [-0.05, 0) is 40.8 Å². The third-order valence-corrected chi connectivity index (χ3v) is 8.66. The van der Waals surface area contributed by atoms with Crippen LogP contribution in [0.1, 0.15) is 17.3 Å². The summed E-state index contributed by atoms with van der Waals surface area (Å²) < 4.78 is 239. The van der Waals surface area contributed by atoms with Gasteiger partial charge in [0.15, 0.2) is 5.75 Å². The first kappa shape index (κ1) is 36.2. The summed E-state index contributed by atoms with van der Waals surface area (Å²) >= 11 is 0.812. The van der Waals surface area contributed by atoms with Crippen LogP contribution in [0.3, 0.4) is 0 Å². The highest BCUT2D eigenvalue weighted by Gasteiger charge is 2.83. The highest BCUT2D eigenvalue weighted by atomic mass is 127. The fourth-order valence-corrected chi connectivity index (χ4v) is 5.26. The van der Waals surface area contributed by atoms with E-state index in [2.05, 4.69) is 4.18 Å². The molecule has 0 spiro atoms. The second-order valence-corrected chi connectivity index (χ2v) is 13.1. The van der Waals surface area contributed by atoms with E-state index in [1.807, 2.05) is 0 Å². The predicted molar refractivity (Wildman–Crippen MR) is 112 cm³/mol.